The third kappa shape index (κ3) is 4.58. The minimum Gasteiger partial charge on any atom is -0.332 e. The number of hydrogen-bond acceptors (Lipinski definition) is 7. The summed E-state index contributed by atoms with van der Waals surface area (Å²) in [5, 5.41) is 20.1. The number of carbonyl (C=O) groups excluding carboxylic acids is 1. The van der Waals surface area contributed by atoms with Crippen molar-refractivity contribution in [3.8, 4) is 0 Å². The number of likely N-dealkylation sites (tertiary alicyclic amines) is 1. The number of benzene rings is 1. The molecule has 0 N–H and O–H groups in total. The Morgan fingerprint density at radius 2 is 2.00 bits per heavy atom. The van der Waals surface area contributed by atoms with Gasteiger partial charge in [0.25, 0.3) is 11.6 Å². The number of nitro benzene ring substituents is 1. The van der Waals surface area contributed by atoms with Crippen LogP contribution in [-0.4, -0.2) is 42.0 Å². The monoisotopic (exact) mass is 438 g/mol. The zero-order valence-electron chi connectivity index (χ0n) is 17.0. The molecular formula is C21H22N6O3S. The van der Waals surface area contributed by atoms with Crippen LogP contribution in [0.2, 0.25) is 0 Å². The van der Waals surface area contributed by atoms with E-state index in [0.717, 1.165) is 43.0 Å². The topological polar surface area (TPSA) is 107 Å². The van der Waals surface area contributed by atoms with Crippen LogP contribution in [0.3, 0.4) is 0 Å². The summed E-state index contributed by atoms with van der Waals surface area (Å²) in [4.78, 5) is 31.1. The first-order valence-corrected chi connectivity index (χ1v) is 10.9. The van der Waals surface area contributed by atoms with Gasteiger partial charge in [-0.15, -0.1) is 10.2 Å². The highest BCUT2D eigenvalue weighted by atomic mass is 32.2. The SMILES string of the molecule is Cn1cnnc1Sc1ccc(C(=O)N2CCCCCC2c2ccncc2)cc1[N+](=O)[O-]. The fraction of sp³-hybridized carbons (Fsp3) is 0.333. The molecule has 0 bridgehead atoms. The fourth-order valence-corrected chi connectivity index (χ4v) is 4.64. The van der Waals surface area contributed by atoms with Gasteiger partial charge in [-0.2, -0.15) is 0 Å². The zero-order chi connectivity index (χ0) is 21.8. The molecule has 1 fully saturated rings. The average Bonchev–Trinajstić information content (AvgIpc) is 3.03. The van der Waals surface area contributed by atoms with Crippen LogP contribution in [0.25, 0.3) is 0 Å². The number of aryl methyl sites for hydroxylation is 1. The Morgan fingerprint density at radius 1 is 1.19 bits per heavy atom. The summed E-state index contributed by atoms with van der Waals surface area (Å²) in [6, 6.07) is 8.44. The molecule has 0 radical (unpaired) electrons. The quantitative estimate of drug-likeness (QED) is 0.437. The van der Waals surface area contributed by atoms with E-state index in [1.54, 1.807) is 36.1 Å². The Balaban J connectivity index is 1.65. The Hall–Kier alpha value is -3.27. The van der Waals surface area contributed by atoms with Gasteiger partial charge in [0.1, 0.15) is 6.33 Å². The normalized spacial score (nSPS) is 16.7. The van der Waals surface area contributed by atoms with Crippen molar-refractivity contribution < 1.29 is 9.72 Å². The molecule has 1 saturated heterocycles. The molecule has 1 aliphatic heterocycles. The number of hydrogen-bond donors (Lipinski definition) is 0. The minimum absolute atomic E-state index is 0.0650. The van der Waals surface area contributed by atoms with Gasteiger partial charge in [0.05, 0.1) is 15.9 Å². The molecule has 1 unspecified atom stereocenters. The molecular weight excluding hydrogens is 416 g/mol. The van der Waals surface area contributed by atoms with Crippen LogP contribution in [0.5, 0.6) is 0 Å². The van der Waals surface area contributed by atoms with E-state index in [9.17, 15) is 14.9 Å². The van der Waals surface area contributed by atoms with E-state index in [2.05, 4.69) is 15.2 Å². The summed E-state index contributed by atoms with van der Waals surface area (Å²) >= 11 is 1.15. The number of rotatable bonds is 5. The predicted octanol–water partition coefficient (Wildman–Crippen LogP) is 4.03. The maximum absolute atomic E-state index is 13.4. The van der Waals surface area contributed by atoms with E-state index in [4.69, 9.17) is 0 Å². The molecule has 0 saturated carbocycles. The minimum atomic E-state index is -0.460. The van der Waals surface area contributed by atoms with Gasteiger partial charge in [0.15, 0.2) is 5.16 Å². The van der Waals surface area contributed by atoms with Crippen molar-refractivity contribution in [2.45, 2.75) is 41.8 Å². The van der Waals surface area contributed by atoms with E-state index in [0.29, 0.717) is 22.2 Å². The first-order chi connectivity index (χ1) is 15.0. The molecule has 3 aromatic rings. The lowest BCUT2D eigenvalue weighted by molar-refractivity contribution is -0.387. The Morgan fingerprint density at radius 3 is 2.71 bits per heavy atom. The van der Waals surface area contributed by atoms with Gasteiger partial charge in [-0.05, 0) is 54.4 Å². The van der Waals surface area contributed by atoms with E-state index in [-0.39, 0.29) is 17.6 Å². The van der Waals surface area contributed by atoms with Crippen LogP contribution >= 0.6 is 11.8 Å². The molecule has 0 spiro atoms. The Labute approximate surface area is 183 Å². The summed E-state index contributed by atoms with van der Waals surface area (Å²) < 4.78 is 1.68. The summed E-state index contributed by atoms with van der Waals surface area (Å²) in [7, 11) is 1.77. The summed E-state index contributed by atoms with van der Waals surface area (Å²) in [5.74, 6) is -0.193. The molecule has 2 aromatic heterocycles. The highest BCUT2D eigenvalue weighted by Gasteiger charge is 2.29. The molecule has 0 aliphatic carbocycles. The smallest absolute Gasteiger partial charge is 0.284 e. The summed E-state index contributed by atoms with van der Waals surface area (Å²) in [6.07, 6.45) is 8.85. The number of aromatic nitrogens is 4. The van der Waals surface area contributed by atoms with Gasteiger partial charge in [-0.3, -0.25) is 19.9 Å². The van der Waals surface area contributed by atoms with Crippen molar-refractivity contribution in [1.82, 2.24) is 24.6 Å². The van der Waals surface area contributed by atoms with Crippen LogP contribution in [-0.2, 0) is 7.05 Å². The van der Waals surface area contributed by atoms with Crippen molar-refractivity contribution in [1.29, 1.82) is 0 Å². The summed E-state index contributed by atoms with van der Waals surface area (Å²) in [5.41, 5.74) is 1.23. The van der Waals surface area contributed by atoms with E-state index >= 15 is 0 Å². The van der Waals surface area contributed by atoms with E-state index < -0.39 is 4.92 Å². The van der Waals surface area contributed by atoms with Crippen molar-refractivity contribution >= 4 is 23.4 Å². The largest absolute Gasteiger partial charge is 0.332 e. The standard InChI is InChI=1S/C21H22N6O3S/c1-25-14-23-24-21(25)31-19-7-6-16(13-18(19)27(29)30)20(28)26-12-4-2-3-5-17(26)15-8-10-22-11-9-15/h6-11,13-14,17H,2-5,12H2,1H3. The summed E-state index contributed by atoms with van der Waals surface area (Å²) in [6.45, 7) is 0.620. The van der Waals surface area contributed by atoms with Gasteiger partial charge in [-0.25, -0.2) is 0 Å². The molecule has 1 amide bonds. The Bertz CT molecular complexity index is 1090. The molecule has 1 aromatic carbocycles. The highest BCUT2D eigenvalue weighted by Crippen LogP contribution is 2.36. The highest BCUT2D eigenvalue weighted by molar-refractivity contribution is 7.99. The maximum Gasteiger partial charge on any atom is 0.284 e. The zero-order valence-corrected chi connectivity index (χ0v) is 17.9. The van der Waals surface area contributed by atoms with Gasteiger partial charge in [-0.1, -0.05) is 12.8 Å². The second-order valence-electron chi connectivity index (χ2n) is 7.41. The first kappa shape index (κ1) is 21.0. The van der Waals surface area contributed by atoms with Crippen molar-refractivity contribution in [2.75, 3.05) is 6.54 Å². The second kappa shape index (κ2) is 9.25. The third-order valence-corrected chi connectivity index (χ3v) is 6.50. The van der Waals surface area contributed by atoms with Crippen LogP contribution in [0, 0.1) is 10.1 Å². The molecule has 4 rings (SSSR count). The number of nitro groups is 1. The number of carbonyl (C=O) groups is 1. The molecule has 10 heteroatoms. The van der Waals surface area contributed by atoms with Crippen LogP contribution in [0.1, 0.15) is 47.6 Å². The van der Waals surface area contributed by atoms with Crippen molar-refractivity contribution in [2.24, 2.45) is 7.05 Å². The lowest BCUT2D eigenvalue weighted by Crippen LogP contribution is -2.34. The number of nitrogens with zero attached hydrogens (tertiary/aromatic N) is 6. The number of amides is 1. The van der Waals surface area contributed by atoms with Crippen molar-refractivity contribution in [3.63, 3.8) is 0 Å². The third-order valence-electron chi connectivity index (χ3n) is 5.38. The molecule has 9 nitrogen and oxygen atoms in total. The lowest BCUT2D eigenvalue weighted by atomic mass is 10.0. The van der Waals surface area contributed by atoms with Gasteiger partial charge in [0, 0.05) is 37.6 Å². The Kier molecular flexibility index (Phi) is 6.26. The van der Waals surface area contributed by atoms with Gasteiger partial charge in [0.2, 0.25) is 0 Å². The van der Waals surface area contributed by atoms with E-state index in [1.165, 1.54) is 12.4 Å². The molecule has 1 atom stereocenters. The van der Waals surface area contributed by atoms with E-state index in [1.807, 2.05) is 17.0 Å². The predicted molar refractivity (Wildman–Crippen MR) is 115 cm³/mol. The second-order valence-corrected chi connectivity index (χ2v) is 8.42. The lowest BCUT2D eigenvalue weighted by Gasteiger charge is -2.30. The molecule has 160 valence electrons. The van der Waals surface area contributed by atoms with Gasteiger partial charge < -0.3 is 9.47 Å². The van der Waals surface area contributed by atoms with Gasteiger partial charge >= 0.3 is 0 Å². The molecule has 1 aliphatic rings. The first-order valence-electron chi connectivity index (χ1n) is 10.1. The van der Waals surface area contributed by atoms with Crippen molar-refractivity contribution in [3.05, 3.63) is 70.3 Å². The fourth-order valence-electron chi connectivity index (χ4n) is 3.79. The molecule has 3 heterocycles. The average molecular weight is 439 g/mol. The number of pyridine rings is 1. The maximum atomic E-state index is 13.4. The van der Waals surface area contributed by atoms with Crippen LogP contribution in [0.15, 0.2) is 59.1 Å². The van der Waals surface area contributed by atoms with Crippen LogP contribution in [0.4, 0.5) is 5.69 Å². The van der Waals surface area contributed by atoms with Crippen LogP contribution < -0.4 is 0 Å². The molecule has 31 heavy (non-hydrogen) atoms.